The van der Waals surface area contributed by atoms with Gasteiger partial charge in [0.1, 0.15) is 0 Å². The predicted octanol–water partition coefficient (Wildman–Crippen LogP) is 3.88. The number of benzene rings is 1. The molecule has 0 amide bonds. The van der Waals surface area contributed by atoms with E-state index in [1.807, 2.05) is 18.2 Å². The first-order chi connectivity index (χ1) is 7.64. The normalized spacial score (nSPS) is 9.94. The summed E-state index contributed by atoms with van der Waals surface area (Å²) in [6, 6.07) is 10.3. The summed E-state index contributed by atoms with van der Waals surface area (Å²) in [4.78, 5) is 0. The fraction of sp³-hybridized carbons (Fsp3) is 0.600. The van der Waals surface area contributed by atoms with Crippen LogP contribution in [0.3, 0.4) is 0 Å². The largest absolute Gasteiger partial charge is 0.325 e. The van der Waals surface area contributed by atoms with Crippen LogP contribution in [0.5, 0.6) is 0 Å². The van der Waals surface area contributed by atoms with Crippen molar-refractivity contribution in [3.8, 4) is 0 Å². The smallest absolute Gasteiger partial charge is 0.0757 e. The van der Waals surface area contributed by atoms with Gasteiger partial charge in [-0.3, -0.25) is 0 Å². The molecule has 0 spiro atoms. The van der Waals surface area contributed by atoms with E-state index in [-0.39, 0.29) is 21.1 Å². The van der Waals surface area contributed by atoms with E-state index in [1.54, 1.807) is 0 Å². The van der Waals surface area contributed by atoms with E-state index in [0.717, 1.165) is 0 Å². The van der Waals surface area contributed by atoms with Crippen molar-refractivity contribution < 1.29 is 25.5 Å². The molecule has 1 aromatic carbocycles. The van der Waals surface area contributed by atoms with Crippen LogP contribution >= 0.6 is 0 Å². The molecule has 1 nitrogen and oxygen atoms in total. The summed E-state index contributed by atoms with van der Waals surface area (Å²) in [5.41, 5.74) is 1.32. The summed E-state index contributed by atoms with van der Waals surface area (Å²) in [6.07, 6.45) is 0. The van der Waals surface area contributed by atoms with E-state index in [4.69, 9.17) is 0 Å². The molecule has 0 unspecified atom stereocenters. The van der Waals surface area contributed by atoms with Gasteiger partial charge in [-0.1, -0.05) is 35.9 Å². The zero-order chi connectivity index (χ0) is 12.4. The van der Waals surface area contributed by atoms with E-state index in [0.29, 0.717) is 0 Å². The minimum Gasteiger partial charge on any atom is -0.325 e. The van der Waals surface area contributed by atoms with Gasteiger partial charge in [0.15, 0.2) is 0 Å². The van der Waals surface area contributed by atoms with Crippen LogP contribution in [0, 0.1) is 6.92 Å². The molecule has 0 heterocycles. The third-order valence-electron chi connectivity index (χ3n) is 3.62. The maximum absolute atomic E-state index is 2.27. The van der Waals surface area contributed by atoms with Gasteiger partial charge in [-0.15, -0.1) is 0 Å². The second-order valence-corrected chi connectivity index (χ2v) is 4.26. The monoisotopic (exact) mass is 320 g/mol. The third-order valence-corrected chi connectivity index (χ3v) is 3.62. The molecule has 0 N–H and O–H groups in total. The number of rotatable bonds is 4. The van der Waals surface area contributed by atoms with Gasteiger partial charge in [-0.2, -0.15) is 0 Å². The van der Waals surface area contributed by atoms with Gasteiger partial charge in [-0.25, -0.2) is 0 Å². The second-order valence-electron chi connectivity index (χ2n) is 4.26. The van der Waals surface area contributed by atoms with Crippen LogP contribution in [0.15, 0.2) is 30.3 Å². The molecular weight excluding hydrogens is 290 g/mol. The molecule has 0 aliphatic rings. The van der Waals surface area contributed by atoms with Gasteiger partial charge in [0.05, 0.1) is 26.2 Å². The van der Waals surface area contributed by atoms with Crippen molar-refractivity contribution in [2.24, 2.45) is 0 Å². The maximum Gasteiger partial charge on any atom is 0.0757 e. The van der Waals surface area contributed by atoms with Gasteiger partial charge in [0.25, 0.3) is 0 Å². The summed E-state index contributed by atoms with van der Waals surface area (Å²) < 4.78 is 1.28. The van der Waals surface area contributed by atoms with Crippen molar-refractivity contribution in [2.75, 3.05) is 26.2 Å². The van der Waals surface area contributed by atoms with E-state index in [2.05, 4.69) is 46.8 Å². The van der Waals surface area contributed by atoms with E-state index in [9.17, 15) is 0 Å². The van der Waals surface area contributed by atoms with Crippen molar-refractivity contribution in [1.82, 2.24) is 0 Å². The van der Waals surface area contributed by atoms with E-state index < -0.39 is 0 Å². The summed E-state index contributed by atoms with van der Waals surface area (Å²) in [7, 11) is 0. The Hall–Kier alpha value is -0.132. The van der Waals surface area contributed by atoms with Crippen molar-refractivity contribution in [2.45, 2.75) is 34.6 Å². The molecule has 0 bridgehead atoms. The van der Waals surface area contributed by atoms with Crippen molar-refractivity contribution >= 4 is 0 Å². The summed E-state index contributed by atoms with van der Waals surface area (Å²) in [5.74, 6) is 0. The average Bonchev–Trinajstić information content (AvgIpc) is 2.35. The number of hydrogen-bond donors (Lipinski definition) is 0. The molecule has 98 valence electrons. The maximum atomic E-state index is 2.27. The summed E-state index contributed by atoms with van der Waals surface area (Å²) >= 11 is 0. The van der Waals surface area contributed by atoms with Crippen molar-refractivity contribution in [1.29, 1.82) is 0 Å². The second kappa shape index (κ2) is 11.0. The van der Waals surface area contributed by atoms with Gasteiger partial charge >= 0.3 is 0 Å². The van der Waals surface area contributed by atoms with Crippen molar-refractivity contribution in [3.05, 3.63) is 35.9 Å². The first-order valence-corrected chi connectivity index (χ1v) is 6.50. The molecule has 2 heteroatoms. The number of aryl methyl sites for hydroxylation is 1. The van der Waals surface area contributed by atoms with Crippen LogP contribution in [-0.2, 0) is 21.1 Å². The fourth-order valence-electron chi connectivity index (χ4n) is 1.88. The fourth-order valence-corrected chi connectivity index (χ4v) is 1.88. The zero-order valence-electron chi connectivity index (χ0n) is 12.1. The van der Waals surface area contributed by atoms with Crippen LogP contribution in [0.25, 0.3) is 0 Å². The molecule has 0 atom stereocenters. The molecule has 17 heavy (non-hydrogen) atoms. The SMILES string of the molecule is CC[N+](CC)(CC)CC.Cc1ccccc1.[Mo]. The summed E-state index contributed by atoms with van der Waals surface area (Å²) in [6.45, 7) is 16.3. The van der Waals surface area contributed by atoms with Gasteiger partial charge in [0.2, 0.25) is 0 Å². The van der Waals surface area contributed by atoms with Crippen LogP contribution < -0.4 is 0 Å². The number of quaternary nitrogens is 1. The molecule has 0 radical (unpaired) electrons. The molecule has 0 aliphatic heterocycles. The minimum atomic E-state index is 0. The Morgan fingerprint density at radius 2 is 1.12 bits per heavy atom. The molecule has 0 saturated heterocycles. The molecule has 1 rings (SSSR count). The third kappa shape index (κ3) is 7.73. The van der Waals surface area contributed by atoms with Gasteiger partial charge < -0.3 is 4.48 Å². The summed E-state index contributed by atoms with van der Waals surface area (Å²) in [5, 5.41) is 0. The van der Waals surface area contributed by atoms with E-state index in [1.165, 1.54) is 36.2 Å². The number of nitrogens with zero attached hydrogens (tertiary/aromatic N) is 1. The Bertz CT molecular complexity index is 237. The molecule has 0 aliphatic carbocycles. The van der Waals surface area contributed by atoms with Crippen LogP contribution in [0.2, 0.25) is 0 Å². The Kier molecular flexibility index (Phi) is 12.4. The Labute approximate surface area is 122 Å². The van der Waals surface area contributed by atoms with Gasteiger partial charge in [0, 0.05) is 21.1 Å². The van der Waals surface area contributed by atoms with Crippen LogP contribution in [0.1, 0.15) is 33.3 Å². The van der Waals surface area contributed by atoms with E-state index >= 15 is 0 Å². The standard InChI is InChI=1S/C8H20N.C7H8.Mo/c1-5-9(6-2,7-3)8-4;1-7-5-3-2-4-6-7;/h5-8H2,1-4H3;2-6H,1H3;/q+1;;. The molecular formula is C15H28MoN+. The average molecular weight is 318 g/mol. The Morgan fingerprint density at radius 1 is 0.765 bits per heavy atom. The number of hydrogen-bond acceptors (Lipinski definition) is 0. The minimum absolute atomic E-state index is 0. The zero-order valence-corrected chi connectivity index (χ0v) is 14.1. The first kappa shape index (κ1) is 19.2. The van der Waals surface area contributed by atoms with Crippen molar-refractivity contribution in [3.63, 3.8) is 0 Å². The molecule has 0 fully saturated rings. The Balaban J connectivity index is 0. The predicted molar refractivity (Wildman–Crippen MR) is 73.6 cm³/mol. The molecule has 0 aromatic heterocycles. The molecule has 0 saturated carbocycles. The van der Waals surface area contributed by atoms with Gasteiger partial charge in [-0.05, 0) is 34.6 Å². The first-order valence-electron chi connectivity index (χ1n) is 6.50. The Morgan fingerprint density at radius 3 is 1.24 bits per heavy atom. The van der Waals surface area contributed by atoms with Crippen LogP contribution in [0.4, 0.5) is 0 Å². The quantitative estimate of drug-likeness (QED) is 0.584. The topological polar surface area (TPSA) is 0 Å². The molecule has 1 aromatic rings. The van der Waals surface area contributed by atoms with Crippen LogP contribution in [-0.4, -0.2) is 30.7 Å².